The molecule has 9 heteroatoms. The molecule has 24 heavy (non-hydrogen) atoms. The molecule has 0 amide bonds. The lowest BCUT2D eigenvalue weighted by Gasteiger charge is -2.23. The van der Waals surface area contributed by atoms with Gasteiger partial charge in [0, 0.05) is 30.6 Å². The van der Waals surface area contributed by atoms with Crippen LogP contribution < -0.4 is 5.32 Å². The Balaban J connectivity index is 2.00. The molecule has 134 valence electrons. The fourth-order valence-electron chi connectivity index (χ4n) is 3.36. The van der Waals surface area contributed by atoms with E-state index in [0.717, 1.165) is 29.1 Å². The summed E-state index contributed by atoms with van der Waals surface area (Å²) >= 11 is 1.10. The van der Waals surface area contributed by atoms with Crippen molar-refractivity contribution in [2.45, 2.75) is 43.0 Å². The number of ether oxygens (including phenoxy) is 1. The van der Waals surface area contributed by atoms with Crippen LogP contribution in [0.15, 0.2) is 4.21 Å². The fraction of sp³-hybridized carbons (Fsp3) is 0.667. The summed E-state index contributed by atoms with van der Waals surface area (Å²) < 4.78 is 33.1. The summed E-state index contributed by atoms with van der Waals surface area (Å²) in [4.78, 5) is 12.6. The Morgan fingerprint density at radius 3 is 3.00 bits per heavy atom. The Bertz CT molecular complexity index is 728. The van der Waals surface area contributed by atoms with Crippen LogP contribution in [0.25, 0.3) is 0 Å². The molecule has 2 aliphatic heterocycles. The third-order valence-electron chi connectivity index (χ3n) is 4.49. The maximum absolute atomic E-state index is 13.1. The summed E-state index contributed by atoms with van der Waals surface area (Å²) in [5, 5.41) is 12.8. The van der Waals surface area contributed by atoms with Gasteiger partial charge in [0.1, 0.15) is 4.21 Å². The Hall–Kier alpha value is -1.00. The molecule has 0 bridgehead atoms. The highest BCUT2D eigenvalue weighted by Gasteiger charge is 2.40. The minimum Gasteiger partial charge on any atom is -0.478 e. The highest BCUT2D eigenvalue weighted by molar-refractivity contribution is 7.91. The first-order valence-electron chi connectivity index (χ1n) is 8.15. The van der Waals surface area contributed by atoms with Crippen LogP contribution in [-0.4, -0.2) is 56.1 Å². The second kappa shape index (κ2) is 7.09. The summed E-state index contributed by atoms with van der Waals surface area (Å²) in [6.45, 7) is 4.36. The number of nitrogens with one attached hydrogen (secondary N) is 1. The normalized spacial score (nSPS) is 21.8. The zero-order chi connectivity index (χ0) is 17.3. The first-order valence-corrected chi connectivity index (χ1v) is 10.4. The van der Waals surface area contributed by atoms with Crippen molar-refractivity contribution in [3.8, 4) is 0 Å². The predicted octanol–water partition coefficient (Wildman–Crippen LogP) is 1.28. The number of rotatable bonds is 6. The average molecular weight is 374 g/mol. The summed E-state index contributed by atoms with van der Waals surface area (Å²) in [7, 11) is -3.82. The van der Waals surface area contributed by atoms with Crippen LogP contribution in [0.2, 0.25) is 0 Å². The summed E-state index contributed by atoms with van der Waals surface area (Å²) in [6.07, 6.45) is 2.06. The predicted molar refractivity (Wildman–Crippen MR) is 90.1 cm³/mol. The van der Waals surface area contributed by atoms with E-state index in [9.17, 15) is 18.3 Å². The molecule has 1 aromatic heterocycles. The van der Waals surface area contributed by atoms with Crippen molar-refractivity contribution < 1.29 is 23.1 Å². The van der Waals surface area contributed by atoms with Crippen molar-refractivity contribution >= 4 is 27.3 Å². The van der Waals surface area contributed by atoms with Crippen molar-refractivity contribution in [2.24, 2.45) is 0 Å². The summed E-state index contributed by atoms with van der Waals surface area (Å²) in [6, 6.07) is -0.214. The molecular formula is C15H22N2O5S2. The molecule has 0 unspecified atom stereocenters. The number of sulfonamides is 1. The number of thiophene rings is 1. The van der Waals surface area contributed by atoms with Gasteiger partial charge in [-0.15, -0.1) is 11.3 Å². The number of carboxylic acid groups (broad SMARTS) is 1. The smallest absolute Gasteiger partial charge is 0.338 e. The van der Waals surface area contributed by atoms with Crippen LogP contribution in [0.1, 0.15) is 40.6 Å². The van der Waals surface area contributed by atoms with Crippen molar-refractivity contribution in [2.75, 3.05) is 26.3 Å². The molecule has 0 aliphatic carbocycles. The van der Waals surface area contributed by atoms with E-state index in [1.165, 1.54) is 4.31 Å². The Kier molecular flexibility index (Phi) is 5.26. The molecule has 0 radical (unpaired) electrons. The van der Waals surface area contributed by atoms with E-state index in [4.69, 9.17) is 4.74 Å². The van der Waals surface area contributed by atoms with Gasteiger partial charge in [-0.25, -0.2) is 13.2 Å². The number of hydrogen-bond acceptors (Lipinski definition) is 6. The molecule has 0 aromatic carbocycles. The molecule has 1 aromatic rings. The Morgan fingerprint density at radius 1 is 1.50 bits per heavy atom. The third-order valence-corrected chi connectivity index (χ3v) is 8.17. The first kappa shape index (κ1) is 17.8. The van der Waals surface area contributed by atoms with E-state index in [2.05, 4.69) is 5.32 Å². The molecule has 1 saturated heterocycles. The standard InChI is InChI=1S/C15H22N2O5S2/c1-2-22-9-10-4-3-7-17(10)24(20,21)15-13(14(18)19)11-5-6-16-8-12(11)23-15/h10,16H,2-9H2,1H3,(H,18,19)/t10-/m1/s1. The van der Waals surface area contributed by atoms with Crippen molar-refractivity contribution in [3.05, 3.63) is 16.0 Å². The monoisotopic (exact) mass is 374 g/mol. The number of carboxylic acids is 1. The Labute approximate surface area is 145 Å². The summed E-state index contributed by atoms with van der Waals surface area (Å²) in [5.74, 6) is -1.16. The highest BCUT2D eigenvalue weighted by atomic mass is 32.2. The lowest BCUT2D eigenvalue weighted by Crippen LogP contribution is -2.38. The Morgan fingerprint density at radius 2 is 2.29 bits per heavy atom. The molecular weight excluding hydrogens is 352 g/mol. The molecule has 3 rings (SSSR count). The van der Waals surface area contributed by atoms with Gasteiger partial charge in [0.25, 0.3) is 10.0 Å². The number of fused-ring (bicyclic) bond motifs is 1. The van der Waals surface area contributed by atoms with Gasteiger partial charge in [0.05, 0.1) is 12.2 Å². The summed E-state index contributed by atoms with van der Waals surface area (Å²) in [5.41, 5.74) is 0.643. The van der Waals surface area contributed by atoms with Gasteiger partial charge in [-0.2, -0.15) is 4.31 Å². The SMILES string of the molecule is CCOC[C@H]1CCCN1S(=O)(=O)c1sc2c(c1C(=O)O)CCNC2. The molecule has 2 N–H and O–H groups in total. The van der Waals surface area contributed by atoms with E-state index in [1.54, 1.807) is 0 Å². The number of nitrogens with zero attached hydrogens (tertiary/aromatic N) is 1. The van der Waals surface area contributed by atoms with Gasteiger partial charge < -0.3 is 15.2 Å². The largest absolute Gasteiger partial charge is 0.478 e. The van der Waals surface area contributed by atoms with Crippen LogP contribution in [0.5, 0.6) is 0 Å². The van der Waals surface area contributed by atoms with E-state index >= 15 is 0 Å². The van der Waals surface area contributed by atoms with Crippen LogP contribution in [-0.2, 0) is 27.7 Å². The van der Waals surface area contributed by atoms with Crippen molar-refractivity contribution in [1.82, 2.24) is 9.62 Å². The van der Waals surface area contributed by atoms with Gasteiger partial charge in [-0.3, -0.25) is 0 Å². The van der Waals surface area contributed by atoms with Gasteiger partial charge in [0.15, 0.2) is 0 Å². The minimum atomic E-state index is -3.82. The maximum atomic E-state index is 13.1. The second-order valence-corrected chi connectivity index (χ2v) is 9.16. The zero-order valence-electron chi connectivity index (χ0n) is 13.6. The molecule has 1 fully saturated rings. The van der Waals surface area contributed by atoms with Gasteiger partial charge in [0.2, 0.25) is 0 Å². The van der Waals surface area contributed by atoms with Gasteiger partial charge in [-0.05, 0) is 38.3 Å². The van der Waals surface area contributed by atoms with Gasteiger partial charge >= 0.3 is 5.97 Å². The third kappa shape index (κ3) is 3.11. The van der Waals surface area contributed by atoms with E-state index < -0.39 is 16.0 Å². The second-order valence-electron chi connectivity index (χ2n) is 5.97. The maximum Gasteiger partial charge on any atom is 0.338 e. The number of carbonyl (C=O) groups is 1. The first-order chi connectivity index (χ1) is 11.5. The molecule has 7 nitrogen and oxygen atoms in total. The topological polar surface area (TPSA) is 95.9 Å². The lowest BCUT2D eigenvalue weighted by molar-refractivity contribution is 0.0692. The van der Waals surface area contributed by atoms with Crippen LogP contribution in [0, 0.1) is 0 Å². The quantitative estimate of drug-likeness (QED) is 0.779. The van der Waals surface area contributed by atoms with Crippen molar-refractivity contribution in [3.63, 3.8) is 0 Å². The molecule has 0 saturated carbocycles. The molecule has 3 heterocycles. The van der Waals surface area contributed by atoms with Crippen LogP contribution in [0.3, 0.4) is 0 Å². The van der Waals surface area contributed by atoms with Crippen LogP contribution >= 0.6 is 11.3 Å². The zero-order valence-corrected chi connectivity index (χ0v) is 15.2. The van der Waals surface area contributed by atoms with Crippen LogP contribution in [0.4, 0.5) is 0 Å². The molecule has 0 spiro atoms. The highest BCUT2D eigenvalue weighted by Crippen LogP contribution is 2.38. The number of aromatic carboxylic acids is 1. The van der Waals surface area contributed by atoms with Crippen molar-refractivity contribution in [1.29, 1.82) is 0 Å². The van der Waals surface area contributed by atoms with E-state index in [-0.39, 0.29) is 15.8 Å². The fourth-order valence-corrected chi connectivity index (χ4v) is 7.02. The minimum absolute atomic E-state index is 0.0212. The molecule has 1 atom stereocenters. The average Bonchev–Trinajstić information content (AvgIpc) is 3.17. The van der Waals surface area contributed by atoms with E-state index in [0.29, 0.717) is 44.8 Å². The number of hydrogen-bond donors (Lipinski definition) is 2. The van der Waals surface area contributed by atoms with E-state index in [1.807, 2.05) is 6.92 Å². The molecule has 2 aliphatic rings. The van der Waals surface area contributed by atoms with Gasteiger partial charge in [-0.1, -0.05) is 0 Å². The lowest BCUT2D eigenvalue weighted by atomic mass is 10.1.